The zero-order chi connectivity index (χ0) is 14.4. The molecule has 0 aromatic heterocycles. The fraction of sp³-hybridized carbons (Fsp3) is 1.00. The summed E-state index contributed by atoms with van der Waals surface area (Å²) in [6.45, 7) is 4.42. The van der Waals surface area contributed by atoms with E-state index in [4.69, 9.17) is 0 Å². The summed E-state index contributed by atoms with van der Waals surface area (Å²) in [4.78, 5) is 9.88. The van der Waals surface area contributed by atoms with Gasteiger partial charge in [0.25, 0.3) is 0 Å². The maximum Gasteiger partial charge on any atom is 0.200 e. The van der Waals surface area contributed by atoms with Gasteiger partial charge in [0.2, 0.25) is 7.37 Å². The van der Waals surface area contributed by atoms with Gasteiger partial charge in [-0.3, -0.25) is 9.27 Å². The second-order valence-corrected chi connectivity index (χ2v) is 8.42. The lowest BCUT2D eigenvalue weighted by Crippen LogP contribution is -1.96. The van der Waals surface area contributed by atoms with Crippen molar-refractivity contribution in [3.05, 3.63) is 0 Å². The topological polar surface area (TPSA) is 37.3 Å². The molecule has 4 heteroatoms. The molecule has 2 nitrogen and oxygen atoms in total. The van der Waals surface area contributed by atoms with Crippen molar-refractivity contribution in [2.75, 3.05) is 12.3 Å². The largest absolute Gasteiger partial charge is 0.344 e. The Labute approximate surface area is 125 Å². The molecule has 0 aliphatic rings. The maximum absolute atomic E-state index is 11.9. The van der Waals surface area contributed by atoms with Crippen molar-refractivity contribution >= 4 is 7.37 Å². The standard InChI is InChI=1S/C16H35O2P.FH/c1-3-5-7-9-11-13-15-19(17,18)16-14-12-10-8-6-4-2;/h3-16H2,1-2H3,(H,17,18);1H. The van der Waals surface area contributed by atoms with Crippen LogP contribution in [0.4, 0.5) is 4.70 Å². The molecular weight excluding hydrogens is 274 g/mol. The first-order valence-corrected chi connectivity index (χ1v) is 10.5. The molecule has 0 radical (unpaired) electrons. The Hall–Kier alpha value is 0.120. The van der Waals surface area contributed by atoms with Crippen LogP contribution in [0.3, 0.4) is 0 Å². The van der Waals surface area contributed by atoms with Gasteiger partial charge in [-0.05, 0) is 12.8 Å². The third-order valence-corrected chi connectivity index (χ3v) is 5.75. The molecule has 0 saturated carbocycles. The molecule has 0 rings (SSSR count). The van der Waals surface area contributed by atoms with Crippen LogP contribution >= 0.6 is 7.37 Å². The molecule has 20 heavy (non-hydrogen) atoms. The molecule has 0 bridgehead atoms. The Morgan fingerprint density at radius 3 is 1.30 bits per heavy atom. The fourth-order valence-corrected chi connectivity index (χ4v) is 4.05. The normalized spacial score (nSPS) is 11.3. The molecular formula is C16H36FO2P. The van der Waals surface area contributed by atoms with Crippen LogP contribution in [0.5, 0.6) is 0 Å². The first-order chi connectivity index (χ1) is 9.12. The summed E-state index contributed by atoms with van der Waals surface area (Å²) in [5, 5.41) is 0. The zero-order valence-corrected chi connectivity index (χ0v) is 14.5. The van der Waals surface area contributed by atoms with Crippen molar-refractivity contribution in [3.63, 3.8) is 0 Å². The molecule has 0 amide bonds. The van der Waals surface area contributed by atoms with E-state index in [2.05, 4.69) is 13.8 Å². The minimum Gasteiger partial charge on any atom is -0.344 e. The van der Waals surface area contributed by atoms with Crippen LogP contribution in [0.25, 0.3) is 0 Å². The van der Waals surface area contributed by atoms with E-state index < -0.39 is 7.37 Å². The van der Waals surface area contributed by atoms with Gasteiger partial charge in [-0.1, -0.05) is 78.1 Å². The molecule has 0 aliphatic carbocycles. The minimum atomic E-state index is -2.80. The van der Waals surface area contributed by atoms with E-state index in [-0.39, 0.29) is 4.70 Å². The monoisotopic (exact) mass is 310 g/mol. The van der Waals surface area contributed by atoms with Gasteiger partial charge < -0.3 is 4.89 Å². The molecule has 0 heterocycles. The lowest BCUT2D eigenvalue weighted by atomic mass is 10.1. The molecule has 0 aromatic carbocycles. The summed E-state index contributed by atoms with van der Waals surface area (Å²) >= 11 is 0. The molecule has 0 saturated heterocycles. The Morgan fingerprint density at radius 1 is 0.650 bits per heavy atom. The number of halogens is 1. The van der Waals surface area contributed by atoms with E-state index >= 15 is 0 Å². The van der Waals surface area contributed by atoms with E-state index in [1.807, 2.05) is 0 Å². The van der Waals surface area contributed by atoms with Gasteiger partial charge in [0.1, 0.15) is 0 Å². The van der Waals surface area contributed by atoms with Crippen molar-refractivity contribution < 1.29 is 14.2 Å². The SMILES string of the molecule is CCCCCCCCP(=O)(O)CCCCCCCC.F. The molecule has 0 spiro atoms. The summed E-state index contributed by atoms with van der Waals surface area (Å²) in [6.07, 6.45) is 15.4. The molecule has 0 atom stereocenters. The van der Waals surface area contributed by atoms with E-state index in [1.54, 1.807) is 0 Å². The summed E-state index contributed by atoms with van der Waals surface area (Å²) in [5.74, 6) is 0. The predicted octanol–water partition coefficient (Wildman–Crippen LogP) is 6.13. The summed E-state index contributed by atoms with van der Waals surface area (Å²) in [6, 6.07) is 0. The average molecular weight is 310 g/mol. The van der Waals surface area contributed by atoms with Crippen LogP contribution in [-0.4, -0.2) is 17.2 Å². The van der Waals surface area contributed by atoms with Gasteiger partial charge in [0.15, 0.2) is 0 Å². The molecule has 0 aromatic rings. The van der Waals surface area contributed by atoms with Gasteiger partial charge in [-0.15, -0.1) is 0 Å². The average Bonchev–Trinajstić information content (AvgIpc) is 2.38. The Morgan fingerprint density at radius 2 is 0.950 bits per heavy atom. The Kier molecular flexibility index (Phi) is 17.4. The van der Waals surface area contributed by atoms with Crippen molar-refractivity contribution in [1.82, 2.24) is 0 Å². The third kappa shape index (κ3) is 16.2. The highest BCUT2D eigenvalue weighted by Crippen LogP contribution is 2.42. The predicted molar refractivity (Wildman–Crippen MR) is 88.8 cm³/mol. The van der Waals surface area contributed by atoms with Crippen molar-refractivity contribution in [2.45, 2.75) is 90.9 Å². The molecule has 124 valence electrons. The quantitative estimate of drug-likeness (QED) is 0.309. The van der Waals surface area contributed by atoms with Crippen molar-refractivity contribution in [1.29, 1.82) is 0 Å². The van der Waals surface area contributed by atoms with E-state index in [0.717, 1.165) is 25.7 Å². The Bertz CT molecular complexity index is 215. The van der Waals surface area contributed by atoms with Crippen LogP contribution in [0.2, 0.25) is 0 Å². The number of hydrogen-bond donors (Lipinski definition) is 1. The molecule has 0 aliphatic heterocycles. The molecule has 0 unspecified atom stereocenters. The highest BCUT2D eigenvalue weighted by Gasteiger charge is 2.16. The zero-order valence-electron chi connectivity index (χ0n) is 13.6. The van der Waals surface area contributed by atoms with Crippen LogP contribution in [0.15, 0.2) is 0 Å². The lowest BCUT2D eigenvalue weighted by Gasteiger charge is -2.11. The van der Waals surface area contributed by atoms with E-state index in [0.29, 0.717) is 12.3 Å². The van der Waals surface area contributed by atoms with Crippen LogP contribution in [0, 0.1) is 0 Å². The maximum atomic E-state index is 11.9. The second kappa shape index (κ2) is 15.5. The first-order valence-electron chi connectivity index (χ1n) is 8.43. The van der Waals surface area contributed by atoms with Crippen molar-refractivity contribution in [3.8, 4) is 0 Å². The number of unbranched alkanes of at least 4 members (excludes halogenated alkanes) is 10. The Balaban J connectivity index is 0. The first kappa shape index (κ1) is 22.4. The lowest BCUT2D eigenvalue weighted by molar-refractivity contribution is 0.469. The van der Waals surface area contributed by atoms with E-state index in [9.17, 15) is 9.46 Å². The summed E-state index contributed by atoms with van der Waals surface area (Å²) in [5.41, 5.74) is 0. The van der Waals surface area contributed by atoms with Gasteiger partial charge in [0, 0.05) is 12.3 Å². The van der Waals surface area contributed by atoms with Crippen LogP contribution in [0.1, 0.15) is 90.9 Å². The summed E-state index contributed by atoms with van der Waals surface area (Å²) < 4.78 is 11.9. The number of hydrogen-bond acceptors (Lipinski definition) is 1. The smallest absolute Gasteiger partial charge is 0.200 e. The van der Waals surface area contributed by atoms with Crippen molar-refractivity contribution in [2.24, 2.45) is 0 Å². The highest BCUT2D eigenvalue weighted by molar-refractivity contribution is 7.57. The fourth-order valence-electron chi connectivity index (χ4n) is 2.39. The third-order valence-electron chi connectivity index (χ3n) is 3.72. The molecule has 0 fully saturated rings. The highest BCUT2D eigenvalue weighted by atomic mass is 31.2. The molecule has 1 N–H and O–H groups in total. The summed E-state index contributed by atoms with van der Waals surface area (Å²) in [7, 11) is -2.80. The van der Waals surface area contributed by atoms with E-state index in [1.165, 1.54) is 51.4 Å². The number of rotatable bonds is 14. The van der Waals surface area contributed by atoms with Gasteiger partial charge in [0.05, 0.1) is 0 Å². The van der Waals surface area contributed by atoms with Gasteiger partial charge >= 0.3 is 0 Å². The van der Waals surface area contributed by atoms with Crippen LogP contribution < -0.4 is 0 Å². The second-order valence-electron chi connectivity index (χ2n) is 5.83. The van der Waals surface area contributed by atoms with Gasteiger partial charge in [-0.25, -0.2) is 0 Å². The minimum absolute atomic E-state index is 0. The van der Waals surface area contributed by atoms with Crippen LogP contribution in [-0.2, 0) is 4.57 Å². The van der Waals surface area contributed by atoms with Gasteiger partial charge in [-0.2, -0.15) is 0 Å².